The van der Waals surface area contributed by atoms with Gasteiger partial charge in [0.25, 0.3) is 0 Å². The van der Waals surface area contributed by atoms with Crippen LogP contribution in [-0.4, -0.2) is 16.2 Å². The first-order chi connectivity index (χ1) is 5.68. The van der Waals surface area contributed by atoms with Crippen molar-refractivity contribution in [2.75, 3.05) is 0 Å². The Labute approximate surface area is 69.6 Å². The normalized spacial score (nSPS) is 9.67. The second-order valence-corrected chi connectivity index (χ2v) is 2.10. The highest BCUT2D eigenvalue weighted by atomic mass is 16.4. The third-order valence-corrected chi connectivity index (χ3v) is 1.16. The Morgan fingerprint density at radius 1 is 1.42 bits per heavy atom. The monoisotopic (exact) mass is 162 g/mol. The van der Waals surface area contributed by atoms with Crippen molar-refractivity contribution in [3.05, 3.63) is 35.9 Å². The number of carboxylic acid groups (broad SMARTS) is 1. The molecule has 0 radical (unpaired) electrons. The summed E-state index contributed by atoms with van der Waals surface area (Å²) < 4.78 is 0. The molecule has 0 aliphatic carbocycles. The summed E-state index contributed by atoms with van der Waals surface area (Å²) in [5.41, 5.74) is 0.565. The van der Waals surface area contributed by atoms with Crippen LogP contribution in [0.1, 0.15) is 5.56 Å². The largest absolute Gasteiger partial charge is 0.501 e. The third kappa shape index (κ3) is 2.35. The second-order valence-electron chi connectivity index (χ2n) is 2.10. The number of hydrogen-bond acceptors (Lipinski definition) is 2. The van der Waals surface area contributed by atoms with Crippen molar-refractivity contribution in [1.82, 2.24) is 0 Å². The number of carboxylic acids is 1. The molecule has 0 amide bonds. The highest BCUT2D eigenvalue weighted by Gasteiger charge is 1.88. The Morgan fingerprint density at radius 3 is 2.67 bits per heavy atom. The van der Waals surface area contributed by atoms with Gasteiger partial charge in [-0.1, -0.05) is 6.07 Å². The Balaban J connectivity index is 2.77. The molecule has 0 fully saturated rings. The molecule has 0 saturated carbocycles. The van der Waals surface area contributed by atoms with E-state index < -0.39 is 5.97 Å². The Kier molecular flexibility index (Phi) is 2.34. The van der Waals surface area contributed by atoms with E-state index in [0.29, 0.717) is 5.56 Å². The Hall–Kier alpha value is -1.95. The topological polar surface area (TPSA) is 57.5 Å². The maximum Gasteiger partial charge on any atom is 0.328 e. The molecule has 0 atom stereocenters. The van der Waals surface area contributed by atoms with Gasteiger partial charge in [0.15, 0.2) is 5.75 Å². The number of aliphatic carboxylic acids is 1. The highest BCUT2D eigenvalue weighted by molar-refractivity contribution is 5.85. The SMILES string of the molecule is O=C(O)/C=C/c1c#cc(O)cc1. The molecule has 0 heterocycles. The summed E-state index contributed by atoms with van der Waals surface area (Å²) in [6, 6.07) is 7.94. The standard InChI is InChI=1S/C9H6O3/c10-8-4-1-7(2-5-8)3-6-9(11)12/h1,3-4,6,10H,(H,11,12)/b6-3+. The fourth-order valence-electron chi connectivity index (χ4n) is 0.647. The lowest BCUT2D eigenvalue weighted by Crippen LogP contribution is -1.84. The second kappa shape index (κ2) is 3.44. The maximum atomic E-state index is 10.1. The van der Waals surface area contributed by atoms with E-state index in [9.17, 15) is 4.79 Å². The summed E-state index contributed by atoms with van der Waals surface area (Å²) in [6.45, 7) is 0. The van der Waals surface area contributed by atoms with Gasteiger partial charge in [-0.15, -0.1) is 0 Å². The van der Waals surface area contributed by atoms with Crippen LogP contribution in [0.15, 0.2) is 18.2 Å². The van der Waals surface area contributed by atoms with Crippen LogP contribution >= 0.6 is 0 Å². The average molecular weight is 162 g/mol. The van der Waals surface area contributed by atoms with Crippen LogP contribution in [0.25, 0.3) is 6.08 Å². The van der Waals surface area contributed by atoms with Crippen LogP contribution in [-0.2, 0) is 4.79 Å². The molecule has 12 heavy (non-hydrogen) atoms. The van der Waals surface area contributed by atoms with Gasteiger partial charge in [-0.05, 0) is 24.3 Å². The minimum atomic E-state index is -1.02. The van der Waals surface area contributed by atoms with E-state index in [2.05, 4.69) is 12.1 Å². The van der Waals surface area contributed by atoms with Gasteiger partial charge in [-0.3, -0.25) is 0 Å². The van der Waals surface area contributed by atoms with Crippen LogP contribution in [0.4, 0.5) is 0 Å². The minimum Gasteiger partial charge on any atom is -0.501 e. The number of carbonyl (C=O) groups is 1. The molecule has 1 aromatic carbocycles. The molecule has 0 aromatic heterocycles. The van der Waals surface area contributed by atoms with Gasteiger partial charge in [0.05, 0.1) is 0 Å². The molecule has 2 N–H and O–H groups in total. The Bertz CT molecular complexity index is 298. The fourth-order valence-corrected chi connectivity index (χ4v) is 0.647. The molecule has 0 unspecified atom stereocenters. The van der Waals surface area contributed by atoms with Crippen molar-refractivity contribution in [3.8, 4) is 5.75 Å². The van der Waals surface area contributed by atoms with Gasteiger partial charge in [-0.25, -0.2) is 4.79 Å². The summed E-state index contributed by atoms with van der Waals surface area (Å²) in [4.78, 5) is 10.1. The number of rotatable bonds is 2. The van der Waals surface area contributed by atoms with Gasteiger partial charge in [0, 0.05) is 11.6 Å². The summed E-state index contributed by atoms with van der Waals surface area (Å²) in [5.74, 6) is -1.03. The van der Waals surface area contributed by atoms with E-state index in [1.54, 1.807) is 6.07 Å². The van der Waals surface area contributed by atoms with Crippen molar-refractivity contribution in [2.24, 2.45) is 0 Å². The molecule has 0 bridgehead atoms. The van der Waals surface area contributed by atoms with E-state index in [1.165, 1.54) is 12.1 Å². The van der Waals surface area contributed by atoms with E-state index in [1.807, 2.05) is 0 Å². The number of hydrogen-bond donors (Lipinski definition) is 2. The summed E-state index contributed by atoms with van der Waals surface area (Å²) in [5, 5.41) is 17.1. The molecule has 0 aliphatic heterocycles. The highest BCUT2D eigenvalue weighted by Crippen LogP contribution is 2.04. The zero-order chi connectivity index (χ0) is 8.97. The van der Waals surface area contributed by atoms with Crippen molar-refractivity contribution in [2.45, 2.75) is 0 Å². The summed E-state index contributed by atoms with van der Waals surface area (Å²) in [7, 11) is 0. The molecule has 1 rings (SSSR count). The zero-order valence-corrected chi connectivity index (χ0v) is 6.11. The molecule has 1 aromatic rings. The minimum absolute atomic E-state index is 0.0116. The third-order valence-electron chi connectivity index (χ3n) is 1.16. The van der Waals surface area contributed by atoms with Crippen LogP contribution in [0.3, 0.4) is 0 Å². The first-order valence-corrected chi connectivity index (χ1v) is 3.22. The predicted octanol–water partition coefficient (Wildman–Crippen LogP) is 1.09. The van der Waals surface area contributed by atoms with Gasteiger partial charge in [0.2, 0.25) is 0 Å². The van der Waals surface area contributed by atoms with E-state index >= 15 is 0 Å². The van der Waals surface area contributed by atoms with Crippen molar-refractivity contribution >= 4 is 12.0 Å². The summed E-state index contributed by atoms with van der Waals surface area (Å²) in [6.07, 6.45) is 2.37. The van der Waals surface area contributed by atoms with E-state index in [4.69, 9.17) is 10.2 Å². The fraction of sp³-hybridized carbons (Fsp3) is 0. The van der Waals surface area contributed by atoms with Gasteiger partial charge in [0.1, 0.15) is 0 Å². The predicted molar refractivity (Wildman–Crippen MR) is 42.4 cm³/mol. The van der Waals surface area contributed by atoms with E-state index in [-0.39, 0.29) is 5.75 Å². The lowest BCUT2D eigenvalue weighted by molar-refractivity contribution is -0.131. The van der Waals surface area contributed by atoms with Gasteiger partial charge >= 0.3 is 5.97 Å². The van der Waals surface area contributed by atoms with Gasteiger partial charge < -0.3 is 10.2 Å². The van der Waals surface area contributed by atoms with Crippen LogP contribution in [0.5, 0.6) is 5.75 Å². The Morgan fingerprint density at radius 2 is 2.17 bits per heavy atom. The maximum absolute atomic E-state index is 10.1. The van der Waals surface area contributed by atoms with Crippen molar-refractivity contribution in [1.29, 1.82) is 0 Å². The average Bonchev–Trinajstić information content (AvgIpc) is 2.03. The first-order valence-electron chi connectivity index (χ1n) is 3.22. The zero-order valence-electron chi connectivity index (χ0n) is 6.11. The lowest BCUT2D eigenvalue weighted by atomic mass is 10.2. The molecular weight excluding hydrogens is 156 g/mol. The van der Waals surface area contributed by atoms with Crippen LogP contribution < -0.4 is 0 Å². The molecule has 3 nitrogen and oxygen atoms in total. The van der Waals surface area contributed by atoms with Gasteiger partial charge in [-0.2, -0.15) is 0 Å². The lowest BCUT2D eigenvalue weighted by Gasteiger charge is -1.86. The molecule has 60 valence electrons. The quantitative estimate of drug-likeness (QED) is 0.640. The molecular formula is C9H6O3. The smallest absolute Gasteiger partial charge is 0.328 e. The van der Waals surface area contributed by atoms with Crippen LogP contribution in [0, 0.1) is 12.1 Å². The molecule has 3 heteroatoms. The number of aromatic hydroxyl groups is 1. The molecule has 0 spiro atoms. The molecule has 0 aliphatic rings. The molecule has 0 saturated heterocycles. The van der Waals surface area contributed by atoms with E-state index in [0.717, 1.165) is 6.08 Å². The van der Waals surface area contributed by atoms with Crippen molar-refractivity contribution < 1.29 is 15.0 Å². The first kappa shape index (κ1) is 8.15. The summed E-state index contributed by atoms with van der Waals surface area (Å²) >= 11 is 0. The van der Waals surface area contributed by atoms with Crippen molar-refractivity contribution in [3.63, 3.8) is 0 Å². The van der Waals surface area contributed by atoms with Crippen LogP contribution in [0.2, 0.25) is 0 Å².